The van der Waals surface area contributed by atoms with Gasteiger partial charge in [-0.3, -0.25) is 4.79 Å². The van der Waals surface area contributed by atoms with E-state index in [1.54, 1.807) is 25.1 Å². The molecule has 1 aromatic heterocycles. The molecule has 0 saturated carbocycles. The number of hydrogen-bond acceptors (Lipinski definition) is 7. The van der Waals surface area contributed by atoms with Crippen LogP contribution in [0.25, 0.3) is 0 Å². The molecule has 0 aliphatic carbocycles. The number of methoxy groups -OCH3 is 1. The van der Waals surface area contributed by atoms with Crippen LogP contribution in [-0.4, -0.2) is 25.8 Å². The molecule has 24 heavy (non-hydrogen) atoms. The monoisotopic (exact) mass is 344 g/mol. The molecule has 1 aliphatic rings. The summed E-state index contributed by atoms with van der Waals surface area (Å²) in [6.07, 6.45) is 0. The highest BCUT2D eigenvalue weighted by molar-refractivity contribution is 7.18. The van der Waals surface area contributed by atoms with Crippen molar-refractivity contribution in [3.8, 4) is 17.6 Å². The average molecular weight is 344 g/mol. The van der Waals surface area contributed by atoms with Crippen molar-refractivity contribution in [3.05, 3.63) is 39.8 Å². The maximum atomic E-state index is 12.4. The number of nitrogens with one attached hydrogen (secondary N) is 1. The van der Waals surface area contributed by atoms with Gasteiger partial charge in [-0.25, -0.2) is 4.79 Å². The first-order valence-corrected chi connectivity index (χ1v) is 7.69. The first-order valence-electron chi connectivity index (χ1n) is 6.88. The second kappa shape index (κ2) is 6.22. The van der Waals surface area contributed by atoms with Crippen molar-refractivity contribution in [2.45, 2.75) is 6.92 Å². The van der Waals surface area contributed by atoms with Gasteiger partial charge in [0.25, 0.3) is 5.91 Å². The SMILES string of the molecule is COC(=O)c1sc(NC(=O)c2ccc3c(c2)OCO3)c(C#N)c1C. The summed E-state index contributed by atoms with van der Waals surface area (Å²) in [4.78, 5) is 24.4. The zero-order valence-corrected chi connectivity index (χ0v) is 13.7. The third kappa shape index (κ3) is 2.66. The van der Waals surface area contributed by atoms with Gasteiger partial charge in [-0.05, 0) is 30.7 Å². The van der Waals surface area contributed by atoms with Gasteiger partial charge in [-0.15, -0.1) is 11.3 Å². The second-order valence-electron chi connectivity index (χ2n) is 4.89. The smallest absolute Gasteiger partial charge is 0.348 e. The van der Waals surface area contributed by atoms with Crippen molar-refractivity contribution in [2.24, 2.45) is 0 Å². The fraction of sp³-hybridized carbons (Fsp3) is 0.188. The molecule has 7 nitrogen and oxygen atoms in total. The van der Waals surface area contributed by atoms with Crippen LogP contribution < -0.4 is 14.8 Å². The molecule has 1 N–H and O–H groups in total. The number of carbonyl (C=O) groups excluding carboxylic acids is 2. The summed E-state index contributed by atoms with van der Waals surface area (Å²) in [5.41, 5.74) is 1.08. The van der Waals surface area contributed by atoms with Gasteiger partial charge in [0.1, 0.15) is 15.9 Å². The summed E-state index contributed by atoms with van der Waals surface area (Å²) in [7, 11) is 1.26. The van der Waals surface area contributed by atoms with Crippen molar-refractivity contribution < 1.29 is 23.8 Å². The number of hydrogen-bond donors (Lipinski definition) is 1. The zero-order valence-electron chi connectivity index (χ0n) is 12.8. The summed E-state index contributed by atoms with van der Waals surface area (Å²) >= 11 is 1.01. The predicted molar refractivity (Wildman–Crippen MR) is 85.6 cm³/mol. The minimum atomic E-state index is -0.544. The zero-order chi connectivity index (χ0) is 17.3. The Morgan fingerprint density at radius 3 is 2.79 bits per heavy atom. The topological polar surface area (TPSA) is 97.7 Å². The molecule has 3 rings (SSSR count). The number of nitrogens with zero attached hydrogens (tertiary/aromatic N) is 1. The van der Waals surface area contributed by atoms with E-state index in [4.69, 9.17) is 9.47 Å². The molecule has 0 radical (unpaired) electrons. The van der Waals surface area contributed by atoms with E-state index in [1.807, 2.05) is 6.07 Å². The molecule has 0 spiro atoms. The Morgan fingerprint density at radius 2 is 2.08 bits per heavy atom. The van der Waals surface area contributed by atoms with Crippen LogP contribution in [0.3, 0.4) is 0 Å². The lowest BCUT2D eigenvalue weighted by Gasteiger charge is -2.04. The van der Waals surface area contributed by atoms with Gasteiger partial charge in [0, 0.05) is 5.56 Å². The highest BCUT2D eigenvalue weighted by Crippen LogP contribution is 2.35. The summed E-state index contributed by atoms with van der Waals surface area (Å²) in [6, 6.07) is 6.80. The second-order valence-corrected chi connectivity index (χ2v) is 5.91. The number of ether oxygens (including phenoxy) is 3. The van der Waals surface area contributed by atoms with Crippen LogP contribution in [0.15, 0.2) is 18.2 Å². The molecule has 1 aromatic carbocycles. The lowest BCUT2D eigenvalue weighted by Crippen LogP contribution is -2.11. The van der Waals surface area contributed by atoms with Crippen LogP contribution in [0.4, 0.5) is 5.00 Å². The van der Waals surface area contributed by atoms with Gasteiger partial charge < -0.3 is 19.5 Å². The van der Waals surface area contributed by atoms with E-state index in [0.29, 0.717) is 27.6 Å². The van der Waals surface area contributed by atoms with Crippen LogP contribution in [-0.2, 0) is 4.74 Å². The van der Waals surface area contributed by atoms with Crippen LogP contribution in [0.5, 0.6) is 11.5 Å². The van der Waals surface area contributed by atoms with E-state index in [0.717, 1.165) is 11.3 Å². The number of rotatable bonds is 3. The summed E-state index contributed by atoms with van der Waals surface area (Å²) in [5.74, 6) is 0.102. The molecular formula is C16H12N2O5S. The Labute approximate surface area is 141 Å². The highest BCUT2D eigenvalue weighted by atomic mass is 32.1. The molecule has 8 heteroatoms. The minimum absolute atomic E-state index is 0.117. The number of fused-ring (bicyclic) bond motifs is 1. The van der Waals surface area contributed by atoms with Crippen LogP contribution >= 0.6 is 11.3 Å². The van der Waals surface area contributed by atoms with Gasteiger partial charge in [0.05, 0.1) is 12.7 Å². The number of thiophene rings is 1. The molecule has 2 aromatic rings. The van der Waals surface area contributed by atoms with Gasteiger partial charge >= 0.3 is 5.97 Å². The number of amides is 1. The Morgan fingerprint density at radius 1 is 1.33 bits per heavy atom. The lowest BCUT2D eigenvalue weighted by molar-refractivity contribution is 0.0605. The van der Waals surface area contributed by atoms with E-state index in [9.17, 15) is 14.9 Å². The van der Waals surface area contributed by atoms with Gasteiger partial charge in [-0.2, -0.15) is 5.26 Å². The highest BCUT2D eigenvalue weighted by Gasteiger charge is 2.23. The maximum Gasteiger partial charge on any atom is 0.348 e. The third-order valence-electron chi connectivity index (χ3n) is 3.49. The molecule has 1 aliphatic heterocycles. The van der Waals surface area contributed by atoms with E-state index < -0.39 is 11.9 Å². The largest absolute Gasteiger partial charge is 0.465 e. The quantitative estimate of drug-likeness (QED) is 0.860. The first-order chi connectivity index (χ1) is 11.5. The standard InChI is InChI=1S/C16H12N2O5S/c1-8-10(6-17)15(24-13(8)16(20)21-2)18-14(19)9-3-4-11-12(5-9)23-7-22-11/h3-5H,7H2,1-2H3,(H,18,19). The van der Waals surface area contributed by atoms with Crippen molar-refractivity contribution in [2.75, 3.05) is 19.2 Å². The van der Waals surface area contributed by atoms with Crippen molar-refractivity contribution >= 4 is 28.2 Å². The molecule has 0 unspecified atom stereocenters. The molecule has 122 valence electrons. The summed E-state index contributed by atoms with van der Waals surface area (Å²) in [5, 5.41) is 12.3. The molecule has 0 bridgehead atoms. The fourth-order valence-corrected chi connectivity index (χ4v) is 3.31. The van der Waals surface area contributed by atoms with Gasteiger partial charge in [0.2, 0.25) is 6.79 Å². The molecule has 1 amide bonds. The molecular weight excluding hydrogens is 332 g/mol. The first kappa shape index (κ1) is 15.8. The van der Waals surface area contributed by atoms with Gasteiger partial charge in [-0.1, -0.05) is 0 Å². The van der Waals surface area contributed by atoms with Crippen LogP contribution in [0, 0.1) is 18.3 Å². The molecule has 2 heterocycles. The van der Waals surface area contributed by atoms with Crippen molar-refractivity contribution in [3.63, 3.8) is 0 Å². The maximum absolute atomic E-state index is 12.4. The third-order valence-corrected chi connectivity index (χ3v) is 4.68. The summed E-state index contributed by atoms with van der Waals surface area (Å²) < 4.78 is 15.1. The van der Waals surface area contributed by atoms with Crippen LogP contribution in [0.1, 0.15) is 31.2 Å². The Kier molecular flexibility index (Phi) is 4.10. The number of esters is 1. The molecule has 0 fully saturated rings. The number of benzene rings is 1. The number of nitriles is 1. The molecule has 0 saturated heterocycles. The number of anilines is 1. The van der Waals surface area contributed by atoms with E-state index >= 15 is 0 Å². The van der Waals surface area contributed by atoms with E-state index in [-0.39, 0.29) is 17.2 Å². The lowest BCUT2D eigenvalue weighted by atomic mass is 10.1. The van der Waals surface area contributed by atoms with E-state index in [2.05, 4.69) is 10.1 Å². The number of carbonyl (C=O) groups is 2. The van der Waals surface area contributed by atoms with Crippen LogP contribution in [0.2, 0.25) is 0 Å². The Bertz CT molecular complexity index is 881. The predicted octanol–water partition coefficient (Wildman–Crippen LogP) is 2.70. The van der Waals surface area contributed by atoms with Gasteiger partial charge in [0.15, 0.2) is 11.5 Å². The van der Waals surface area contributed by atoms with E-state index in [1.165, 1.54) is 7.11 Å². The Balaban J connectivity index is 1.89. The normalized spacial score (nSPS) is 11.7. The Hall–Kier alpha value is -3.05. The fourth-order valence-electron chi connectivity index (χ4n) is 2.24. The van der Waals surface area contributed by atoms with Crippen molar-refractivity contribution in [1.29, 1.82) is 5.26 Å². The average Bonchev–Trinajstić information content (AvgIpc) is 3.17. The summed E-state index contributed by atoms with van der Waals surface area (Å²) in [6.45, 7) is 1.75. The van der Waals surface area contributed by atoms with Crippen molar-refractivity contribution in [1.82, 2.24) is 0 Å². The molecule has 0 atom stereocenters. The minimum Gasteiger partial charge on any atom is -0.465 e.